The number of amides is 3. The van der Waals surface area contributed by atoms with Gasteiger partial charge in [-0.1, -0.05) is 0 Å². The monoisotopic (exact) mass is 269 g/mol. The average molecular weight is 269 g/mol. The molecule has 1 aromatic rings. The number of urea groups is 1. The molecule has 1 unspecified atom stereocenters. The van der Waals surface area contributed by atoms with Crippen molar-refractivity contribution in [3.8, 4) is 0 Å². The molecule has 0 fully saturated rings. The second kappa shape index (κ2) is 6.38. The van der Waals surface area contributed by atoms with Crippen LogP contribution >= 0.6 is 0 Å². The fourth-order valence-corrected chi connectivity index (χ4v) is 1.24. The molecule has 1 heterocycles. The van der Waals surface area contributed by atoms with Gasteiger partial charge in [0.2, 0.25) is 5.91 Å². The van der Waals surface area contributed by atoms with Crippen molar-refractivity contribution in [2.75, 3.05) is 12.4 Å². The van der Waals surface area contributed by atoms with E-state index in [2.05, 4.69) is 20.5 Å². The molecule has 19 heavy (non-hydrogen) atoms. The van der Waals surface area contributed by atoms with Crippen LogP contribution in [-0.2, 0) is 20.9 Å². The number of ether oxygens (including phenoxy) is 1. The van der Waals surface area contributed by atoms with Gasteiger partial charge in [0.1, 0.15) is 12.6 Å². The Labute approximate surface area is 109 Å². The Balaban J connectivity index is 2.55. The van der Waals surface area contributed by atoms with E-state index in [-0.39, 0.29) is 6.54 Å². The van der Waals surface area contributed by atoms with Crippen molar-refractivity contribution in [3.05, 3.63) is 12.4 Å². The minimum Gasteiger partial charge on any atom is -0.468 e. The van der Waals surface area contributed by atoms with Gasteiger partial charge in [0.25, 0.3) is 0 Å². The lowest BCUT2D eigenvalue weighted by molar-refractivity contribution is -0.141. The van der Waals surface area contributed by atoms with Crippen LogP contribution in [0.3, 0.4) is 0 Å². The van der Waals surface area contributed by atoms with Gasteiger partial charge in [0, 0.05) is 6.20 Å². The first-order chi connectivity index (χ1) is 8.92. The second-order valence-corrected chi connectivity index (χ2v) is 3.72. The van der Waals surface area contributed by atoms with Gasteiger partial charge in [-0.2, -0.15) is 5.10 Å². The van der Waals surface area contributed by atoms with Gasteiger partial charge in [0.15, 0.2) is 0 Å². The quantitative estimate of drug-likeness (QED) is 0.594. The van der Waals surface area contributed by atoms with E-state index < -0.39 is 23.9 Å². The van der Waals surface area contributed by atoms with Crippen molar-refractivity contribution in [1.29, 1.82) is 0 Å². The molecule has 9 nitrogen and oxygen atoms in total. The summed E-state index contributed by atoms with van der Waals surface area (Å²) in [5.41, 5.74) is 5.30. The van der Waals surface area contributed by atoms with E-state index in [9.17, 15) is 14.4 Å². The molecule has 0 saturated heterocycles. The number of nitrogens with one attached hydrogen (secondary N) is 2. The number of nitrogens with two attached hydrogens (primary N) is 1. The number of nitrogens with zero attached hydrogens (tertiary/aromatic N) is 2. The van der Waals surface area contributed by atoms with Crippen LogP contribution < -0.4 is 16.4 Å². The van der Waals surface area contributed by atoms with E-state index in [1.54, 1.807) is 0 Å². The number of anilines is 1. The number of methoxy groups -OCH3 is 1. The summed E-state index contributed by atoms with van der Waals surface area (Å²) >= 11 is 0. The first-order valence-electron chi connectivity index (χ1n) is 5.38. The number of carbonyl (C=O) groups is 3. The molecule has 3 amide bonds. The van der Waals surface area contributed by atoms with Crippen LogP contribution in [0.25, 0.3) is 0 Å². The third-order valence-corrected chi connectivity index (χ3v) is 2.17. The summed E-state index contributed by atoms with van der Waals surface area (Å²) in [5, 5.41) is 8.62. The van der Waals surface area contributed by atoms with Crippen molar-refractivity contribution in [1.82, 2.24) is 15.1 Å². The first kappa shape index (κ1) is 14.5. The van der Waals surface area contributed by atoms with E-state index in [1.807, 2.05) is 0 Å². The Morgan fingerprint density at radius 3 is 2.79 bits per heavy atom. The van der Waals surface area contributed by atoms with Crippen LogP contribution in [0, 0.1) is 0 Å². The Morgan fingerprint density at radius 2 is 2.21 bits per heavy atom. The third kappa shape index (κ3) is 4.66. The van der Waals surface area contributed by atoms with Crippen LogP contribution in [0.1, 0.15) is 6.92 Å². The summed E-state index contributed by atoms with van der Waals surface area (Å²) in [4.78, 5) is 33.2. The predicted molar refractivity (Wildman–Crippen MR) is 65.1 cm³/mol. The van der Waals surface area contributed by atoms with Crippen LogP contribution in [0.5, 0.6) is 0 Å². The van der Waals surface area contributed by atoms with E-state index in [0.29, 0.717) is 5.69 Å². The normalized spacial score (nSPS) is 11.5. The summed E-state index contributed by atoms with van der Waals surface area (Å²) < 4.78 is 5.79. The standard InChI is InChI=1S/C10H15N5O4/c1-6(13-10(11)18)9(17)14-7-3-12-15(4-7)5-8(16)19-2/h3-4,6H,5H2,1-2H3,(H,14,17)(H3,11,13,18). The molecule has 0 aliphatic rings. The van der Waals surface area contributed by atoms with Gasteiger partial charge in [0.05, 0.1) is 19.0 Å². The minimum atomic E-state index is -0.788. The molecular weight excluding hydrogens is 254 g/mol. The predicted octanol–water partition coefficient (Wildman–Crippen LogP) is -0.949. The minimum absolute atomic E-state index is 0.0541. The van der Waals surface area contributed by atoms with Gasteiger partial charge in [-0.15, -0.1) is 0 Å². The average Bonchev–Trinajstić information content (AvgIpc) is 2.75. The molecule has 1 aromatic heterocycles. The molecular formula is C10H15N5O4. The number of rotatable bonds is 5. The van der Waals surface area contributed by atoms with Gasteiger partial charge in [-0.05, 0) is 6.92 Å². The SMILES string of the molecule is COC(=O)Cn1cc(NC(=O)C(C)NC(N)=O)cn1. The molecule has 0 bridgehead atoms. The number of aromatic nitrogens is 2. The Bertz CT molecular complexity index is 484. The Kier molecular flexibility index (Phi) is 4.86. The zero-order valence-electron chi connectivity index (χ0n) is 10.5. The summed E-state index contributed by atoms with van der Waals surface area (Å²) in [6.45, 7) is 1.43. The highest BCUT2D eigenvalue weighted by Crippen LogP contribution is 2.05. The fraction of sp³-hybridized carbons (Fsp3) is 0.400. The van der Waals surface area contributed by atoms with Crippen molar-refractivity contribution in [3.63, 3.8) is 0 Å². The fourth-order valence-electron chi connectivity index (χ4n) is 1.24. The second-order valence-electron chi connectivity index (χ2n) is 3.72. The zero-order chi connectivity index (χ0) is 14.4. The maximum absolute atomic E-state index is 11.6. The number of hydrogen-bond acceptors (Lipinski definition) is 5. The van der Waals surface area contributed by atoms with E-state index in [1.165, 1.54) is 31.1 Å². The van der Waals surface area contributed by atoms with Crippen LogP contribution in [0.15, 0.2) is 12.4 Å². The van der Waals surface area contributed by atoms with Gasteiger partial charge >= 0.3 is 12.0 Å². The van der Waals surface area contributed by atoms with E-state index >= 15 is 0 Å². The zero-order valence-corrected chi connectivity index (χ0v) is 10.5. The highest BCUT2D eigenvalue weighted by atomic mass is 16.5. The van der Waals surface area contributed by atoms with Crippen LogP contribution in [0.4, 0.5) is 10.5 Å². The maximum atomic E-state index is 11.6. The van der Waals surface area contributed by atoms with Crippen LogP contribution in [-0.4, -0.2) is 40.8 Å². The largest absolute Gasteiger partial charge is 0.468 e. The number of primary amides is 1. The topological polar surface area (TPSA) is 128 Å². The molecule has 1 rings (SSSR count). The summed E-state index contributed by atoms with van der Waals surface area (Å²) in [6, 6.07) is -1.56. The van der Waals surface area contributed by atoms with Gasteiger partial charge < -0.3 is 21.1 Å². The molecule has 4 N–H and O–H groups in total. The maximum Gasteiger partial charge on any atom is 0.327 e. The van der Waals surface area contributed by atoms with Crippen molar-refractivity contribution >= 4 is 23.6 Å². The first-order valence-corrected chi connectivity index (χ1v) is 5.38. The van der Waals surface area contributed by atoms with E-state index in [0.717, 1.165) is 0 Å². The van der Waals surface area contributed by atoms with Crippen molar-refractivity contribution < 1.29 is 19.1 Å². The molecule has 0 aliphatic heterocycles. The number of carbonyl (C=O) groups excluding carboxylic acids is 3. The Hall–Kier alpha value is -2.58. The lowest BCUT2D eigenvalue weighted by atomic mass is 10.3. The lowest BCUT2D eigenvalue weighted by Crippen LogP contribution is -2.44. The summed E-state index contributed by atoms with van der Waals surface area (Å²) in [6.07, 6.45) is 2.84. The highest BCUT2D eigenvalue weighted by Gasteiger charge is 2.15. The molecule has 0 aliphatic carbocycles. The highest BCUT2D eigenvalue weighted by molar-refractivity contribution is 5.96. The number of hydrogen-bond donors (Lipinski definition) is 3. The smallest absolute Gasteiger partial charge is 0.327 e. The van der Waals surface area contributed by atoms with Crippen molar-refractivity contribution in [2.45, 2.75) is 19.5 Å². The third-order valence-electron chi connectivity index (χ3n) is 2.17. The van der Waals surface area contributed by atoms with E-state index in [4.69, 9.17) is 5.73 Å². The lowest BCUT2D eigenvalue weighted by Gasteiger charge is -2.10. The molecule has 104 valence electrons. The molecule has 0 spiro atoms. The number of esters is 1. The van der Waals surface area contributed by atoms with Crippen molar-refractivity contribution in [2.24, 2.45) is 5.73 Å². The summed E-state index contributed by atoms with van der Waals surface area (Å²) in [5.74, 6) is -0.902. The van der Waals surface area contributed by atoms with Gasteiger partial charge in [-0.25, -0.2) is 4.79 Å². The molecule has 0 radical (unpaired) electrons. The molecule has 9 heteroatoms. The Morgan fingerprint density at radius 1 is 1.53 bits per heavy atom. The van der Waals surface area contributed by atoms with Crippen LogP contribution in [0.2, 0.25) is 0 Å². The molecule has 0 saturated carbocycles. The summed E-state index contributed by atoms with van der Waals surface area (Å²) in [7, 11) is 1.27. The molecule has 1 atom stereocenters. The van der Waals surface area contributed by atoms with Gasteiger partial charge in [-0.3, -0.25) is 14.3 Å². The molecule has 0 aromatic carbocycles.